The van der Waals surface area contributed by atoms with Crippen molar-refractivity contribution in [2.45, 2.75) is 13.0 Å². The highest BCUT2D eigenvalue weighted by atomic mass is 15.3. The lowest BCUT2D eigenvalue weighted by molar-refractivity contribution is 0.388. The molecule has 0 radical (unpaired) electrons. The van der Waals surface area contributed by atoms with Gasteiger partial charge in [-0.3, -0.25) is 4.99 Å². The third-order valence-electron chi connectivity index (χ3n) is 1.99. The lowest BCUT2D eigenvalue weighted by Crippen LogP contribution is -2.44. The summed E-state index contributed by atoms with van der Waals surface area (Å²) in [4.78, 5) is 6.36. The Morgan fingerprint density at radius 3 is 3.00 bits per heavy atom. The maximum Gasteiger partial charge on any atom is 0.194 e. The molecule has 1 aliphatic heterocycles. The van der Waals surface area contributed by atoms with E-state index >= 15 is 0 Å². The van der Waals surface area contributed by atoms with Crippen molar-refractivity contribution >= 4 is 5.96 Å². The maximum absolute atomic E-state index is 5.52. The summed E-state index contributed by atoms with van der Waals surface area (Å²) in [6, 6.07) is 0.361. The van der Waals surface area contributed by atoms with Crippen LogP contribution in [0.2, 0.25) is 0 Å². The van der Waals surface area contributed by atoms with Gasteiger partial charge in [0.05, 0.1) is 6.54 Å². The Labute approximate surface area is 67.5 Å². The number of rotatable bonds is 2. The van der Waals surface area contributed by atoms with Crippen molar-refractivity contribution in [3.63, 3.8) is 0 Å². The van der Waals surface area contributed by atoms with Gasteiger partial charge in [-0.1, -0.05) is 0 Å². The van der Waals surface area contributed by atoms with Gasteiger partial charge in [0.2, 0.25) is 0 Å². The Hall–Kier alpha value is -0.770. The Morgan fingerprint density at radius 2 is 2.55 bits per heavy atom. The molecule has 0 aromatic carbocycles. The molecule has 1 atom stereocenters. The molecule has 1 aliphatic rings. The van der Waals surface area contributed by atoms with Crippen LogP contribution in [0.25, 0.3) is 0 Å². The average Bonchev–Trinajstić information content (AvgIpc) is 2.53. The summed E-state index contributed by atoms with van der Waals surface area (Å²) >= 11 is 0. The minimum Gasteiger partial charge on any atom is -0.354 e. The van der Waals surface area contributed by atoms with E-state index in [1.165, 1.54) is 0 Å². The van der Waals surface area contributed by atoms with Gasteiger partial charge in [0.1, 0.15) is 0 Å². The summed E-state index contributed by atoms with van der Waals surface area (Å²) in [6.45, 7) is 4.59. The average molecular weight is 156 g/mol. The van der Waals surface area contributed by atoms with E-state index in [0.29, 0.717) is 12.6 Å². The van der Waals surface area contributed by atoms with E-state index in [2.05, 4.69) is 22.1 Å². The molecule has 1 unspecified atom stereocenters. The van der Waals surface area contributed by atoms with E-state index in [0.717, 1.165) is 19.0 Å². The van der Waals surface area contributed by atoms with Gasteiger partial charge in [-0.05, 0) is 6.92 Å². The number of aliphatic imine (C=N–C) groups is 1. The number of guanidine groups is 1. The van der Waals surface area contributed by atoms with E-state index < -0.39 is 0 Å². The van der Waals surface area contributed by atoms with Crippen molar-refractivity contribution in [3.8, 4) is 0 Å². The van der Waals surface area contributed by atoms with Gasteiger partial charge in [0, 0.05) is 26.2 Å². The summed E-state index contributed by atoms with van der Waals surface area (Å²) < 4.78 is 0. The van der Waals surface area contributed by atoms with Crippen LogP contribution in [0.5, 0.6) is 0 Å². The molecule has 0 saturated carbocycles. The second-order valence-corrected chi connectivity index (χ2v) is 2.83. The molecule has 4 heteroatoms. The zero-order valence-corrected chi connectivity index (χ0v) is 7.17. The lowest BCUT2D eigenvalue weighted by Gasteiger charge is -2.25. The van der Waals surface area contributed by atoms with Crippen LogP contribution in [0, 0.1) is 0 Å². The van der Waals surface area contributed by atoms with Gasteiger partial charge in [0.15, 0.2) is 5.96 Å². The smallest absolute Gasteiger partial charge is 0.194 e. The van der Waals surface area contributed by atoms with Gasteiger partial charge in [-0.2, -0.15) is 0 Å². The van der Waals surface area contributed by atoms with Crippen LogP contribution >= 0.6 is 0 Å². The minimum atomic E-state index is 0.361. The monoisotopic (exact) mass is 156 g/mol. The van der Waals surface area contributed by atoms with Crippen molar-refractivity contribution in [1.29, 1.82) is 0 Å². The Balaban J connectivity index is 2.45. The number of nitrogens with zero attached hydrogens (tertiary/aromatic N) is 2. The van der Waals surface area contributed by atoms with Crippen molar-refractivity contribution in [2.75, 3.05) is 26.7 Å². The third-order valence-corrected chi connectivity index (χ3v) is 1.99. The molecule has 0 bridgehead atoms. The lowest BCUT2D eigenvalue weighted by atomic mass is 10.3. The van der Waals surface area contributed by atoms with E-state index in [9.17, 15) is 0 Å². The molecule has 0 spiro atoms. The highest BCUT2D eigenvalue weighted by molar-refractivity contribution is 5.81. The summed E-state index contributed by atoms with van der Waals surface area (Å²) in [7, 11) is 2.01. The first kappa shape index (κ1) is 8.33. The highest BCUT2D eigenvalue weighted by Gasteiger charge is 2.14. The maximum atomic E-state index is 5.52. The summed E-state index contributed by atoms with van der Waals surface area (Å²) in [5.41, 5.74) is 5.52. The third kappa shape index (κ3) is 1.83. The summed E-state index contributed by atoms with van der Waals surface area (Å²) in [6.07, 6.45) is 0. The normalized spacial score (nSPS) is 19.0. The predicted octanol–water partition coefficient (Wildman–Crippen LogP) is -0.775. The molecule has 11 heavy (non-hydrogen) atoms. The Morgan fingerprint density at radius 1 is 1.82 bits per heavy atom. The predicted molar refractivity (Wildman–Crippen MR) is 46.6 cm³/mol. The molecule has 1 rings (SSSR count). The van der Waals surface area contributed by atoms with Crippen LogP contribution in [0.4, 0.5) is 0 Å². The fourth-order valence-electron chi connectivity index (χ4n) is 0.989. The standard InChI is InChI=1S/C7H16N4/c1-6(5-8)11(2)7-9-3-4-10-7/h6H,3-5,8H2,1-2H3,(H,9,10). The van der Waals surface area contributed by atoms with Crippen LogP contribution < -0.4 is 11.1 Å². The largest absolute Gasteiger partial charge is 0.354 e. The molecule has 0 aromatic rings. The molecular weight excluding hydrogens is 140 g/mol. The quantitative estimate of drug-likeness (QED) is 0.551. The fourth-order valence-corrected chi connectivity index (χ4v) is 0.989. The zero-order valence-electron chi connectivity index (χ0n) is 7.17. The first-order valence-electron chi connectivity index (χ1n) is 3.97. The Bertz CT molecular complexity index is 155. The van der Waals surface area contributed by atoms with E-state index in [4.69, 9.17) is 5.73 Å². The van der Waals surface area contributed by atoms with Crippen LogP contribution in [-0.4, -0.2) is 43.6 Å². The molecule has 0 fully saturated rings. The first-order valence-corrected chi connectivity index (χ1v) is 3.97. The number of likely N-dealkylation sites (N-methyl/N-ethyl adjacent to an activating group) is 1. The topological polar surface area (TPSA) is 53.6 Å². The molecule has 64 valence electrons. The summed E-state index contributed by atoms with van der Waals surface area (Å²) in [5, 5.41) is 3.19. The number of nitrogens with two attached hydrogens (primary N) is 1. The number of hydrogen-bond donors (Lipinski definition) is 2. The molecule has 0 amide bonds. The van der Waals surface area contributed by atoms with Crippen molar-refractivity contribution < 1.29 is 0 Å². The van der Waals surface area contributed by atoms with Crippen LogP contribution in [0.15, 0.2) is 4.99 Å². The van der Waals surface area contributed by atoms with Crippen molar-refractivity contribution in [2.24, 2.45) is 10.7 Å². The molecule has 4 nitrogen and oxygen atoms in total. The second kappa shape index (κ2) is 3.57. The van der Waals surface area contributed by atoms with E-state index in [1.54, 1.807) is 0 Å². The van der Waals surface area contributed by atoms with Crippen LogP contribution in [0.1, 0.15) is 6.92 Å². The zero-order chi connectivity index (χ0) is 8.27. The van der Waals surface area contributed by atoms with Crippen molar-refractivity contribution in [1.82, 2.24) is 10.2 Å². The van der Waals surface area contributed by atoms with Crippen LogP contribution in [0.3, 0.4) is 0 Å². The SMILES string of the molecule is CC(CN)N(C)C1=NCCN1. The van der Waals surface area contributed by atoms with Gasteiger partial charge >= 0.3 is 0 Å². The van der Waals surface area contributed by atoms with E-state index in [-0.39, 0.29) is 0 Å². The number of nitrogens with one attached hydrogen (secondary N) is 1. The molecule has 0 aromatic heterocycles. The second-order valence-electron chi connectivity index (χ2n) is 2.83. The van der Waals surface area contributed by atoms with Crippen molar-refractivity contribution in [3.05, 3.63) is 0 Å². The minimum absolute atomic E-state index is 0.361. The molecule has 0 aliphatic carbocycles. The molecule has 1 heterocycles. The number of hydrogen-bond acceptors (Lipinski definition) is 4. The first-order chi connectivity index (χ1) is 5.25. The molecular formula is C7H16N4. The molecule has 3 N–H and O–H groups in total. The van der Waals surface area contributed by atoms with E-state index in [1.807, 2.05) is 7.05 Å². The van der Waals surface area contributed by atoms with Gasteiger partial charge in [-0.25, -0.2) is 0 Å². The Kier molecular flexibility index (Phi) is 2.70. The van der Waals surface area contributed by atoms with Crippen LogP contribution in [-0.2, 0) is 0 Å². The fraction of sp³-hybridized carbons (Fsp3) is 0.857. The van der Waals surface area contributed by atoms with Gasteiger partial charge in [0.25, 0.3) is 0 Å². The van der Waals surface area contributed by atoms with Gasteiger partial charge in [-0.15, -0.1) is 0 Å². The summed E-state index contributed by atoms with van der Waals surface area (Å²) in [5.74, 6) is 0.975. The highest BCUT2D eigenvalue weighted by Crippen LogP contribution is 1.96. The molecule has 0 saturated heterocycles. The van der Waals surface area contributed by atoms with Gasteiger partial charge < -0.3 is 16.0 Å².